The summed E-state index contributed by atoms with van der Waals surface area (Å²) in [7, 11) is 0. The molecule has 2 saturated carbocycles. The molecule has 5 unspecified atom stereocenters. The molecule has 0 spiro atoms. The van der Waals surface area contributed by atoms with Gasteiger partial charge in [0.2, 0.25) is 0 Å². The van der Waals surface area contributed by atoms with E-state index in [-0.39, 0.29) is 18.0 Å². The second kappa shape index (κ2) is 5.20. The van der Waals surface area contributed by atoms with Crippen LogP contribution in [0.1, 0.15) is 46.5 Å². The SMILES string of the molecule is CC1C2CC(C1C)C(C)(C(=O)OCCCCO)C2. The van der Waals surface area contributed by atoms with Gasteiger partial charge < -0.3 is 9.84 Å². The van der Waals surface area contributed by atoms with Crippen LogP contribution in [0, 0.1) is 29.1 Å². The highest BCUT2D eigenvalue weighted by Gasteiger charge is 2.59. The average molecular weight is 254 g/mol. The first-order valence-electron chi connectivity index (χ1n) is 7.28. The second-order valence-electron chi connectivity index (χ2n) is 6.51. The predicted octanol–water partition coefficient (Wildman–Crippen LogP) is 2.62. The molecule has 3 nitrogen and oxygen atoms in total. The number of ether oxygens (including phenoxy) is 1. The van der Waals surface area contributed by atoms with Crippen molar-refractivity contribution in [2.24, 2.45) is 29.1 Å². The predicted molar refractivity (Wildman–Crippen MR) is 69.9 cm³/mol. The van der Waals surface area contributed by atoms with E-state index in [9.17, 15) is 4.79 Å². The fourth-order valence-electron chi connectivity index (χ4n) is 4.14. The first-order valence-corrected chi connectivity index (χ1v) is 7.28. The lowest BCUT2D eigenvalue weighted by atomic mass is 9.67. The number of unbranched alkanes of at least 4 members (excludes halogenated alkanes) is 1. The monoisotopic (exact) mass is 254 g/mol. The molecule has 0 heterocycles. The molecule has 18 heavy (non-hydrogen) atoms. The van der Waals surface area contributed by atoms with Crippen LogP contribution in [-0.2, 0) is 9.53 Å². The highest BCUT2D eigenvalue weighted by Crippen LogP contribution is 2.61. The van der Waals surface area contributed by atoms with Crippen molar-refractivity contribution in [2.75, 3.05) is 13.2 Å². The van der Waals surface area contributed by atoms with Crippen molar-refractivity contribution in [2.45, 2.75) is 46.5 Å². The van der Waals surface area contributed by atoms with Gasteiger partial charge in [0.05, 0.1) is 12.0 Å². The zero-order valence-corrected chi connectivity index (χ0v) is 11.8. The quantitative estimate of drug-likeness (QED) is 0.606. The second-order valence-corrected chi connectivity index (χ2v) is 6.51. The molecule has 2 bridgehead atoms. The summed E-state index contributed by atoms with van der Waals surface area (Å²) in [6.45, 7) is 7.33. The average Bonchev–Trinajstić information content (AvgIpc) is 2.83. The Morgan fingerprint density at radius 3 is 2.61 bits per heavy atom. The summed E-state index contributed by atoms with van der Waals surface area (Å²) in [6.07, 6.45) is 3.68. The van der Waals surface area contributed by atoms with Crippen LogP contribution in [0.25, 0.3) is 0 Å². The van der Waals surface area contributed by atoms with Crippen LogP contribution in [0.2, 0.25) is 0 Å². The van der Waals surface area contributed by atoms with Crippen molar-refractivity contribution in [1.29, 1.82) is 0 Å². The van der Waals surface area contributed by atoms with Gasteiger partial charge in [0.25, 0.3) is 0 Å². The topological polar surface area (TPSA) is 46.5 Å². The summed E-state index contributed by atoms with van der Waals surface area (Å²) >= 11 is 0. The van der Waals surface area contributed by atoms with Crippen LogP contribution >= 0.6 is 0 Å². The fourth-order valence-corrected chi connectivity index (χ4v) is 4.14. The number of hydrogen-bond donors (Lipinski definition) is 1. The minimum Gasteiger partial charge on any atom is -0.465 e. The Hall–Kier alpha value is -0.570. The van der Waals surface area contributed by atoms with Crippen LogP contribution in [-0.4, -0.2) is 24.3 Å². The van der Waals surface area contributed by atoms with E-state index in [1.807, 2.05) is 0 Å². The van der Waals surface area contributed by atoms with Crippen molar-refractivity contribution >= 4 is 5.97 Å². The Kier molecular flexibility index (Phi) is 4.00. The summed E-state index contributed by atoms with van der Waals surface area (Å²) < 4.78 is 5.42. The highest BCUT2D eigenvalue weighted by atomic mass is 16.5. The zero-order valence-electron chi connectivity index (χ0n) is 11.8. The van der Waals surface area contributed by atoms with Gasteiger partial charge in [-0.15, -0.1) is 0 Å². The normalized spacial score (nSPS) is 42.2. The van der Waals surface area contributed by atoms with Gasteiger partial charge in [-0.3, -0.25) is 4.79 Å². The molecular weight excluding hydrogens is 228 g/mol. The molecule has 0 aromatic heterocycles. The van der Waals surface area contributed by atoms with Gasteiger partial charge in [-0.25, -0.2) is 0 Å². The summed E-state index contributed by atoms with van der Waals surface area (Å²) in [4.78, 5) is 12.3. The number of hydrogen-bond acceptors (Lipinski definition) is 3. The standard InChI is InChI=1S/C15H26O3/c1-10-11(2)13-8-12(10)9-15(13,3)14(17)18-7-5-4-6-16/h10-13,16H,4-9H2,1-3H3. The molecule has 0 aliphatic heterocycles. The summed E-state index contributed by atoms with van der Waals surface area (Å²) in [6, 6.07) is 0. The number of aliphatic hydroxyl groups is 1. The van der Waals surface area contributed by atoms with E-state index in [2.05, 4.69) is 20.8 Å². The van der Waals surface area contributed by atoms with Gasteiger partial charge in [0.1, 0.15) is 0 Å². The smallest absolute Gasteiger partial charge is 0.312 e. The summed E-state index contributed by atoms with van der Waals surface area (Å²) in [5, 5.41) is 8.70. The Labute approximate surface area is 110 Å². The molecule has 0 amide bonds. The van der Waals surface area contributed by atoms with E-state index in [0.29, 0.717) is 30.8 Å². The molecule has 3 heteroatoms. The minimum absolute atomic E-state index is 0.00769. The fraction of sp³-hybridized carbons (Fsp3) is 0.933. The maximum atomic E-state index is 12.3. The summed E-state index contributed by atoms with van der Waals surface area (Å²) in [5.41, 5.74) is -0.254. The molecule has 2 aliphatic rings. The van der Waals surface area contributed by atoms with Crippen LogP contribution in [0.5, 0.6) is 0 Å². The van der Waals surface area contributed by atoms with Gasteiger partial charge in [-0.05, 0) is 56.3 Å². The number of rotatable bonds is 5. The van der Waals surface area contributed by atoms with Gasteiger partial charge in [-0.2, -0.15) is 0 Å². The van der Waals surface area contributed by atoms with Gasteiger partial charge in [-0.1, -0.05) is 13.8 Å². The van der Waals surface area contributed by atoms with E-state index in [1.165, 1.54) is 6.42 Å². The molecule has 0 saturated heterocycles. The van der Waals surface area contributed by atoms with Crippen LogP contribution in [0.3, 0.4) is 0 Å². The number of fused-ring (bicyclic) bond motifs is 2. The van der Waals surface area contributed by atoms with Gasteiger partial charge in [0, 0.05) is 6.61 Å². The Morgan fingerprint density at radius 1 is 1.33 bits per heavy atom. The molecule has 104 valence electrons. The Balaban J connectivity index is 1.90. The molecule has 0 aromatic rings. The zero-order chi connectivity index (χ0) is 13.3. The minimum atomic E-state index is -0.254. The number of carbonyl (C=O) groups is 1. The molecule has 0 aromatic carbocycles. The van der Waals surface area contributed by atoms with Gasteiger partial charge in [0.15, 0.2) is 0 Å². The molecule has 0 radical (unpaired) electrons. The van der Waals surface area contributed by atoms with Crippen LogP contribution in [0.15, 0.2) is 0 Å². The first-order chi connectivity index (χ1) is 8.50. The molecular formula is C15H26O3. The Morgan fingerprint density at radius 2 is 2.06 bits per heavy atom. The lowest BCUT2D eigenvalue weighted by Gasteiger charge is -2.38. The van der Waals surface area contributed by atoms with Crippen molar-refractivity contribution in [3.05, 3.63) is 0 Å². The number of aliphatic hydroxyl groups excluding tert-OH is 1. The van der Waals surface area contributed by atoms with Crippen LogP contribution in [0.4, 0.5) is 0 Å². The third kappa shape index (κ3) is 2.18. The molecule has 5 atom stereocenters. The molecule has 2 fully saturated rings. The lowest BCUT2D eigenvalue weighted by Crippen LogP contribution is -2.40. The highest BCUT2D eigenvalue weighted by molar-refractivity contribution is 5.77. The maximum Gasteiger partial charge on any atom is 0.312 e. The maximum absolute atomic E-state index is 12.3. The Bertz CT molecular complexity index is 313. The lowest BCUT2D eigenvalue weighted by molar-refractivity contribution is -0.160. The third-order valence-corrected chi connectivity index (χ3v) is 5.52. The van der Waals surface area contributed by atoms with Crippen molar-refractivity contribution in [3.63, 3.8) is 0 Å². The molecule has 2 rings (SSSR count). The van der Waals surface area contributed by atoms with E-state index in [1.54, 1.807) is 0 Å². The summed E-state index contributed by atoms with van der Waals surface area (Å²) in [5.74, 6) is 2.60. The van der Waals surface area contributed by atoms with E-state index in [4.69, 9.17) is 9.84 Å². The van der Waals surface area contributed by atoms with Gasteiger partial charge >= 0.3 is 5.97 Å². The number of esters is 1. The number of carbonyl (C=O) groups excluding carboxylic acids is 1. The van der Waals surface area contributed by atoms with Crippen molar-refractivity contribution in [1.82, 2.24) is 0 Å². The first kappa shape index (κ1) is 13.9. The van der Waals surface area contributed by atoms with E-state index in [0.717, 1.165) is 18.8 Å². The molecule has 2 aliphatic carbocycles. The van der Waals surface area contributed by atoms with E-state index < -0.39 is 0 Å². The molecule has 1 N–H and O–H groups in total. The van der Waals surface area contributed by atoms with Crippen molar-refractivity contribution < 1.29 is 14.6 Å². The van der Waals surface area contributed by atoms with Crippen LogP contribution < -0.4 is 0 Å². The largest absolute Gasteiger partial charge is 0.465 e. The van der Waals surface area contributed by atoms with E-state index >= 15 is 0 Å². The van der Waals surface area contributed by atoms with Crippen molar-refractivity contribution in [3.8, 4) is 0 Å². The third-order valence-electron chi connectivity index (χ3n) is 5.52.